The van der Waals surface area contributed by atoms with Crippen molar-refractivity contribution >= 4 is 5.69 Å². The van der Waals surface area contributed by atoms with E-state index < -0.39 is 10.2 Å². The molecule has 0 fully saturated rings. The maximum atomic E-state index is 10.5. The van der Waals surface area contributed by atoms with Crippen LogP contribution < -0.4 is 23.2 Å². The lowest BCUT2D eigenvalue weighted by molar-refractivity contribution is -2.00. The first-order valence-electron chi connectivity index (χ1n) is 5.55. The van der Waals surface area contributed by atoms with E-state index in [1.807, 2.05) is 35.2 Å². The number of nitro groups is 1. The van der Waals surface area contributed by atoms with Crippen molar-refractivity contribution in [2.75, 3.05) is 0 Å². The van der Waals surface area contributed by atoms with Crippen molar-refractivity contribution in [1.82, 2.24) is 0 Å². The van der Waals surface area contributed by atoms with Crippen LogP contribution in [0.2, 0.25) is 0 Å². The molecular formula is C12H11ClN2O6. The minimum absolute atomic E-state index is 0.127. The van der Waals surface area contributed by atoms with Crippen molar-refractivity contribution in [3.05, 3.63) is 70.5 Å². The summed E-state index contributed by atoms with van der Waals surface area (Å²) in [4.78, 5) is 10.1. The summed E-state index contributed by atoms with van der Waals surface area (Å²) in [5.41, 5.74) is 1.17. The van der Waals surface area contributed by atoms with Crippen LogP contribution in [-0.4, -0.2) is 4.92 Å². The average molecular weight is 315 g/mol. The number of nitrogens with zero attached hydrogens (tertiary/aromatic N) is 2. The molecule has 0 spiro atoms. The Morgan fingerprint density at radius 3 is 1.86 bits per heavy atom. The van der Waals surface area contributed by atoms with E-state index in [-0.39, 0.29) is 10.6 Å². The number of rotatable bonds is 3. The number of halogens is 1. The van der Waals surface area contributed by atoms with Crippen LogP contribution in [0, 0.1) is 20.4 Å². The molecule has 0 aliphatic carbocycles. The highest BCUT2D eigenvalue weighted by molar-refractivity contribution is 5.32. The Morgan fingerprint density at radius 1 is 0.952 bits per heavy atom. The van der Waals surface area contributed by atoms with Crippen molar-refractivity contribution in [2.24, 2.45) is 0 Å². The average Bonchev–Trinajstić information content (AvgIpc) is 2.38. The van der Waals surface area contributed by atoms with E-state index in [0.717, 1.165) is 12.1 Å². The number of hydrogen-bond donors (Lipinski definition) is 0. The predicted molar refractivity (Wildman–Crippen MR) is 58.8 cm³/mol. The summed E-state index contributed by atoms with van der Waals surface area (Å²) in [5.74, 6) is 0. The van der Waals surface area contributed by atoms with E-state index in [9.17, 15) is 10.1 Å². The highest BCUT2D eigenvalue weighted by Gasteiger charge is 2.06. The molecule has 0 bridgehead atoms. The van der Waals surface area contributed by atoms with Gasteiger partial charge < -0.3 is 0 Å². The number of nitro benzene ring substituents is 1. The van der Waals surface area contributed by atoms with E-state index in [4.69, 9.17) is 18.6 Å². The Morgan fingerprint density at radius 2 is 1.43 bits per heavy atom. The highest BCUT2D eigenvalue weighted by Crippen LogP contribution is 2.11. The Labute approximate surface area is 122 Å². The molecule has 0 saturated heterocycles. The lowest BCUT2D eigenvalue weighted by atomic mass is 10.2. The van der Waals surface area contributed by atoms with Crippen molar-refractivity contribution in [3.8, 4) is 0 Å². The monoisotopic (exact) mass is 314 g/mol. The SMILES string of the molecule is O=[N+]([O-])c1ccc(C[n+]2ccccc2)cc1.[O-][Cl+3]([O-])([O-])[O-]. The first-order valence-corrected chi connectivity index (χ1v) is 6.78. The molecule has 2 aromatic rings. The molecular weight excluding hydrogens is 304 g/mol. The van der Waals surface area contributed by atoms with Crippen LogP contribution in [0.15, 0.2) is 54.9 Å². The molecule has 0 unspecified atom stereocenters. The zero-order valence-corrected chi connectivity index (χ0v) is 11.4. The summed E-state index contributed by atoms with van der Waals surface area (Å²) in [6.07, 6.45) is 3.92. The number of non-ortho nitro benzene ring substituents is 1. The number of hydrogen-bond acceptors (Lipinski definition) is 6. The summed E-state index contributed by atoms with van der Waals surface area (Å²) in [5, 5.41) is 10.5. The second kappa shape index (κ2) is 7.62. The maximum Gasteiger partial charge on any atom is 0.269 e. The zero-order valence-electron chi connectivity index (χ0n) is 10.6. The van der Waals surface area contributed by atoms with E-state index in [1.165, 1.54) is 12.1 Å². The van der Waals surface area contributed by atoms with Gasteiger partial charge in [-0.25, -0.2) is 23.2 Å². The Balaban J connectivity index is 0.000000383. The van der Waals surface area contributed by atoms with Crippen LogP contribution >= 0.6 is 0 Å². The molecule has 9 heteroatoms. The highest BCUT2D eigenvalue weighted by atomic mass is 35.7. The fourth-order valence-electron chi connectivity index (χ4n) is 1.47. The summed E-state index contributed by atoms with van der Waals surface area (Å²) in [7, 11) is -4.94. The summed E-state index contributed by atoms with van der Waals surface area (Å²) < 4.78 is 36.0. The van der Waals surface area contributed by atoms with Gasteiger partial charge in [-0.1, -0.05) is 6.07 Å². The van der Waals surface area contributed by atoms with Crippen LogP contribution in [0.3, 0.4) is 0 Å². The van der Waals surface area contributed by atoms with Crippen molar-refractivity contribution < 1.29 is 38.4 Å². The smallest absolute Gasteiger partial charge is 0.258 e. The summed E-state index contributed by atoms with van der Waals surface area (Å²) in [6.45, 7) is 0.721. The van der Waals surface area contributed by atoms with Gasteiger partial charge in [0.15, 0.2) is 18.9 Å². The molecule has 8 nitrogen and oxygen atoms in total. The molecule has 112 valence electrons. The molecule has 0 atom stereocenters. The van der Waals surface area contributed by atoms with Crippen LogP contribution in [0.5, 0.6) is 0 Å². The molecule has 1 aromatic carbocycles. The van der Waals surface area contributed by atoms with Crippen LogP contribution in [0.4, 0.5) is 5.69 Å². The van der Waals surface area contributed by atoms with Gasteiger partial charge in [0, 0.05) is 29.8 Å². The van der Waals surface area contributed by atoms with Gasteiger partial charge in [0.25, 0.3) is 5.69 Å². The largest absolute Gasteiger partial charge is 0.269 e. The predicted octanol–water partition coefficient (Wildman–Crippen LogP) is -2.83. The van der Waals surface area contributed by atoms with Gasteiger partial charge in [-0.05, 0) is 12.1 Å². The van der Waals surface area contributed by atoms with Crippen LogP contribution in [0.1, 0.15) is 5.56 Å². The zero-order chi connectivity index (χ0) is 15.9. The lowest BCUT2D eigenvalue weighted by Crippen LogP contribution is -2.68. The van der Waals surface area contributed by atoms with Gasteiger partial charge in [0.1, 0.15) is 0 Å². The van der Waals surface area contributed by atoms with Crippen molar-refractivity contribution in [2.45, 2.75) is 6.54 Å². The van der Waals surface area contributed by atoms with Crippen molar-refractivity contribution in [1.29, 1.82) is 0 Å². The van der Waals surface area contributed by atoms with Crippen LogP contribution in [0.25, 0.3) is 0 Å². The number of pyridine rings is 1. The fraction of sp³-hybridized carbons (Fsp3) is 0.0833. The lowest BCUT2D eigenvalue weighted by Gasteiger charge is -2.17. The van der Waals surface area contributed by atoms with Gasteiger partial charge in [0.2, 0.25) is 0 Å². The molecule has 1 heterocycles. The Bertz CT molecular complexity index is 565. The maximum absolute atomic E-state index is 10.5. The van der Waals surface area contributed by atoms with E-state index in [1.54, 1.807) is 12.1 Å². The molecule has 2 rings (SSSR count). The topological polar surface area (TPSA) is 139 Å². The summed E-state index contributed by atoms with van der Waals surface area (Å²) in [6, 6.07) is 12.5. The number of benzene rings is 1. The number of aromatic nitrogens is 1. The fourth-order valence-corrected chi connectivity index (χ4v) is 1.47. The van der Waals surface area contributed by atoms with Crippen molar-refractivity contribution in [3.63, 3.8) is 0 Å². The van der Waals surface area contributed by atoms with E-state index >= 15 is 0 Å². The first kappa shape index (κ1) is 17.0. The van der Waals surface area contributed by atoms with Gasteiger partial charge in [-0.3, -0.25) is 10.1 Å². The van der Waals surface area contributed by atoms with Gasteiger partial charge in [0.05, 0.1) is 4.92 Å². The van der Waals surface area contributed by atoms with Gasteiger partial charge in [-0.15, -0.1) is 10.2 Å². The second-order valence-corrected chi connectivity index (χ2v) is 4.61. The molecule has 0 N–H and O–H groups in total. The molecule has 0 aliphatic heterocycles. The molecule has 0 saturated carbocycles. The molecule has 21 heavy (non-hydrogen) atoms. The third-order valence-electron chi connectivity index (χ3n) is 2.29. The van der Waals surface area contributed by atoms with E-state index in [0.29, 0.717) is 0 Å². The molecule has 0 aliphatic rings. The molecule has 1 aromatic heterocycles. The first-order chi connectivity index (χ1) is 9.75. The van der Waals surface area contributed by atoms with Gasteiger partial charge >= 0.3 is 0 Å². The normalized spacial score (nSPS) is 10.5. The third-order valence-corrected chi connectivity index (χ3v) is 2.29. The third kappa shape index (κ3) is 7.92. The van der Waals surface area contributed by atoms with Crippen LogP contribution in [-0.2, 0) is 6.54 Å². The molecule has 0 amide bonds. The van der Waals surface area contributed by atoms with E-state index in [2.05, 4.69) is 0 Å². The minimum atomic E-state index is -4.94. The van der Waals surface area contributed by atoms with Gasteiger partial charge in [-0.2, -0.15) is 0 Å². The quantitative estimate of drug-likeness (QED) is 0.340. The Hall–Kier alpha value is -2.10. The second-order valence-electron chi connectivity index (χ2n) is 3.85. The minimum Gasteiger partial charge on any atom is -0.258 e. The standard InChI is InChI=1S/C12H11N2O2.ClHO4/c15-14(16)12-6-4-11(5-7-12)10-13-8-2-1-3-9-13;2-1(3,4)5/h1-9H,10H2;(H,2,3,4,5)/q+1;/p-1. The Kier molecular flexibility index (Phi) is 6.15. The molecule has 0 radical (unpaired) electrons. The summed E-state index contributed by atoms with van der Waals surface area (Å²) >= 11 is 0.